The van der Waals surface area contributed by atoms with Crippen molar-refractivity contribution >= 4 is 5.97 Å². The second-order valence-corrected chi connectivity index (χ2v) is 5.32. The molecule has 0 radical (unpaired) electrons. The molecule has 1 aromatic rings. The van der Waals surface area contributed by atoms with Crippen molar-refractivity contribution < 1.29 is 9.90 Å². The van der Waals surface area contributed by atoms with E-state index in [4.69, 9.17) is 5.11 Å². The molecule has 1 aromatic carbocycles. The van der Waals surface area contributed by atoms with Crippen LogP contribution in [0.1, 0.15) is 36.7 Å². The second-order valence-electron chi connectivity index (χ2n) is 5.32. The smallest absolute Gasteiger partial charge is 0.335 e. The summed E-state index contributed by atoms with van der Waals surface area (Å²) < 4.78 is 0. The Labute approximate surface area is 115 Å². The molecule has 0 unspecified atom stereocenters. The molecule has 0 amide bonds. The SMILES string of the molecule is CC(C)N(C)C[C@H](C)NCc1ccc(C(=O)O)cc1. The van der Waals surface area contributed by atoms with Crippen LogP contribution >= 0.6 is 0 Å². The molecule has 0 fully saturated rings. The van der Waals surface area contributed by atoms with E-state index in [1.807, 2.05) is 12.1 Å². The number of carboxylic acid groups (broad SMARTS) is 1. The molecule has 19 heavy (non-hydrogen) atoms. The minimum absolute atomic E-state index is 0.330. The summed E-state index contributed by atoms with van der Waals surface area (Å²) in [5, 5.41) is 12.3. The van der Waals surface area contributed by atoms with Gasteiger partial charge >= 0.3 is 5.97 Å². The number of likely N-dealkylation sites (N-methyl/N-ethyl adjacent to an activating group) is 1. The second kappa shape index (κ2) is 7.26. The first-order chi connectivity index (χ1) is 8.90. The maximum Gasteiger partial charge on any atom is 0.335 e. The Hall–Kier alpha value is -1.39. The lowest BCUT2D eigenvalue weighted by molar-refractivity contribution is 0.0697. The number of carbonyl (C=O) groups is 1. The zero-order valence-electron chi connectivity index (χ0n) is 12.2. The minimum atomic E-state index is -0.883. The molecule has 106 valence electrons. The molecule has 2 N–H and O–H groups in total. The van der Waals surface area contributed by atoms with Gasteiger partial charge in [-0.15, -0.1) is 0 Å². The van der Waals surface area contributed by atoms with Gasteiger partial charge in [0, 0.05) is 25.2 Å². The first-order valence-electron chi connectivity index (χ1n) is 6.66. The molecule has 0 aromatic heterocycles. The van der Waals surface area contributed by atoms with Gasteiger partial charge in [-0.3, -0.25) is 0 Å². The van der Waals surface area contributed by atoms with Crippen LogP contribution in [-0.4, -0.2) is 41.7 Å². The summed E-state index contributed by atoms with van der Waals surface area (Å²) in [4.78, 5) is 13.0. The van der Waals surface area contributed by atoms with Gasteiger partial charge < -0.3 is 15.3 Å². The Morgan fingerprint density at radius 2 is 1.84 bits per heavy atom. The van der Waals surface area contributed by atoms with E-state index < -0.39 is 5.97 Å². The van der Waals surface area contributed by atoms with Gasteiger partial charge in [-0.1, -0.05) is 12.1 Å². The molecule has 4 heteroatoms. The number of nitrogens with zero attached hydrogens (tertiary/aromatic N) is 1. The standard InChI is InChI=1S/C15H24N2O2/c1-11(2)17(4)10-12(3)16-9-13-5-7-14(8-6-13)15(18)19/h5-8,11-12,16H,9-10H2,1-4H3,(H,18,19)/t12-/m0/s1. The lowest BCUT2D eigenvalue weighted by Gasteiger charge is -2.25. The zero-order valence-corrected chi connectivity index (χ0v) is 12.2. The Morgan fingerprint density at radius 1 is 1.26 bits per heavy atom. The summed E-state index contributed by atoms with van der Waals surface area (Å²) in [5.41, 5.74) is 1.43. The molecular weight excluding hydrogens is 240 g/mol. The molecule has 0 aliphatic carbocycles. The van der Waals surface area contributed by atoms with Crippen LogP contribution in [0.25, 0.3) is 0 Å². The lowest BCUT2D eigenvalue weighted by Crippen LogP contribution is -2.39. The molecule has 0 aliphatic heterocycles. The fourth-order valence-corrected chi connectivity index (χ4v) is 1.76. The van der Waals surface area contributed by atoms with Crippen LogP contribution in [0, 0.1) is 0 Å². The van der Waals surface area contributed by atoms with E-state index in [9.17, 15) is 4.79 Å². The molecule has 0 bridgehead atoms. The molecule has 1 atom stereocenters. The first-order valence-corrected chi connectivity index (χ1v) is 6.66. The Morgan fingerprint density at radius 3 is 2.32 bits per heavy atom. The number of carboxylic acids is 1. The van der Waals surface area contributed by atoms with E-state index in [2.05, 4.69) is 38.0 Å². The third-order valence-corrected chi connectivity index (χ3v) is 3.30. The third-order valence-electron chi connectivity index (χ3n) is 3.30. The van der Waals surface area contributed by atoms with Crippen LogP contribution < -0.4 is 5.32 Å². The predicted molar refractivity (Wildman–Crippen MR) is 77.5 cm³/mol. The van der Waals surface area contributed by atoms with Gasteiger partial charge in [0.05, 0.1) is 5.56 Å². The van der Waals surface area contributed by atoms with E-state index in [-0.39, 0.29) is 0 Å². The van der Waals surface area contributed by atoms with Crippen molar-refractivity contribution in [1.29, 1.82) is 0 Å². The normalized spacial score (nSPS) is 12.9. The van der Waals surface area contributed by atoms with Crippen LogP contribution in [0.3, 0.4) is 0 Å². The van der Waals surface area contributed by atoms with E-state index in [1.165, 1.54) is 0 Å². The van der Waals surface area contributed by atoms with Crippen LogP contribution in [0.15, 0.2) is 24.3 Å². The maximum absolute atomic E-state index is 10.7. The largest absolute Gasteiger partial charge is 0.478 e. The lowest BCUT2D eigenvalue weighted by atomic mass is 10.1. The van der Waals surface area contributed by atoms with Gasteiger partial charge in [0.1, 0.15) is 0 Å². The Balaban J connectivity index is 2.41. The molecule has 1 rings (SSSR count). The molecule has 0 spiro atoms. The van der Waals surface area contributed by atoms with E-state index in [1.54, 1.807) is 12.1 Å². The van der Waals surface area contributed by atoms with Crippen molar-refractivity contribution in [2.45, 2.75) is 39.4 Å². The van der Waals surface area contributed by atoms with Crippen LogP contribution in [0.5, 0.6) is 0 Å². The average Bonchev–Trinajstić information content (AvgIpc) is 2.36. The molecule has 0 saturated heterocycles. The van der Waals surface area contributed by atoms with E-state index in [0.717, 1.165) is 18.7 Å². The average molecular weight is 264 g/mol. The number of hydrogen-bond donors (Lipinski definition) is 2. The molecule has 0 heterocycles. The highest BCUT2D eigenvalue weighted by molar-refractivity contribution is 5.87. The van der Waals surface area contributed by atoms with Gasteiger partial charge in [-0.05, 0) is 45.5 Å². The van der Waals surface area contributed by atoms with Gasteiger partial charge in [0.2, 0.25) is 0 Å². The molecule has 4 nitrogen and oxygen atoms in total. The Bertz CT molecular complexity index is 401. The summed E-state index contributed by atoms with van der Waals surface area (Å²) in [6.07, 6.45) is 0. The third kappa shape index (κ3) is 5.41. The zero-order chi connectivity index (χ0) is 14.4. The van der Waals surface area contributed by atoms with E-state index >= 15 is 0 Å². The van der Waals surface area contributed by atoms with Crippen molar-refractivity contribution in [1.82, 2.24) is 10.2 Å². The fraction of sp³-hybridized carbons (Fsp3) is 0.533. The van der Waals surface area contributed by atoms with Crippen molar-refractivity contribution in [2.75, 3.05) is 13.6 Å². The summed E-state index contributed by atoms with van der Waals surface area (Å²) in [6.45, 7) is 8.26. The molecular formula is C15H24N2O2. The fourth-order valence-electron chi connectivity index (χ4n) is 1.76. The van der Waals surface area contributed by atoms with Gasteiger partial charge in [0.25, 0.3) is 0 Å². The van der Waals surface area contributed by atoms with Crippen molar-refractivity contribution in [2.24, 2.45) is 0 Å². The highest BCUT2D eigenvalue weighted by atomic mass is 16.4. The van der Waals surface area contributed by atoms with Gasteiger partial charge in [-0.2, -0.15) is 0 Å². The number of nitrogens with one attached hydrogen (secondary N) is 1. The predicted octanol–water partition coefficient (Wildman–Crippen LogP) is 2.20. The number of rotatable bonds is 7. The summed E-state index contributed by atoms with van der Waals surface area (Å²) >= 11 is 0. The maximum atomic E-state index is 10.7. The number of aromatic carboxylic acids is 1. The number of benzene rings is 1. The van der Waals surface area contributed by atoms with Crippen molar-refractivity contribution in [3.05, 3.63) is 35.4 Å². The van der Waals surface area contributed by atoms with Crippen LogP contribution in [0.2, 0.25) is 0 Å². The van der Waals surface area contributed by atoms with Gasteiger partial charge in [0.15, 0.2) is 0 Å². The van der Waals surface area contributed by atoms with Crippen LogP contribution in [-0.2, 0) is 6.54 Å². The summed E-state index contributed by atoms with van der Waals surface area (Å²) in [7, 11) is 2.12. The summed E-state index contributed by atoms with van der Waals surface area (Å²) in [6, 6.07) is 7.93. The monoisotopic (exact) mass is 264 g/mol. The number of hydrogen-bond acceptors (Lipinski definition) is 3. The Kier molecular flexibility index (Phi) is 5.99. The van der Waals surface area contributed by atoms with Gasteiger partial charge in [-0.25, -0.2) is 4.79 Å². The van der Waals surface area contributed by atoms with Crippen molar-refractivity contribution in [3.63, 3.8) is 0 Å². The minimum Gasteiger partial charge on any atom is -0.478 e. The highest BCUT2D eigenvalue weighted by Crippen LogP contribution is 2.05. The van der Waals surface area contributed by atoms with Crippen LogP contribution in [0.4, 0.5) is 0 Å². The molecule has 0 saturated carbocycles. The summed E-state index contributed by atoms with van der Waals surface area (Å²) in [5.74, 6) is -0.883. The van der Waals surface area contributed by atoms with E-state index in [0.29, 0.717) is 17.6 Å². The topological polar surface area (TPSA) is 52.6 Å². The first kappa shape index (κ1) is 15.7. The van der Waals surface area contributed by atoms with Crippen molar-refractivity contribution in [3.8, 4) is 0 Å². The quantitative estimate of drug-likeness (QED) is 0.793. The highest BCUT2D eigenvalue weighted by Gasteiger charge is 2.08. The molecule has 0 aliphatic rings.